The second kappa shape index (κ2) is 6.78. The first-order valence-corrected chi connectivity index (χ1v) is 3.88. The van der Waals surface area contributed by atoms with E-state index in [2.05, 4.69) is 12.2 Å². The van der Waals surface area contributed by atoms with Gasteiger partial charge >= 0.3 is 0 Å². The van der Waals surface area contributed by atoms with Crippen molar-refractivity contribution < 1.29 is 0 Å². The van der Waals surface area contributed by atoms with Gasteiger partial charge in [0, 0.05) is 6.04 Å². The van der Waals surface area contributed by atoms with Crippen LogP contribution in [0.25, 0.3) is 0 Å². The van der Waals surface area contributed by atoms with Crippen molar-refractivity contribution >= 4 is 0 Å². The van der Waals surface area contributed by atoms with Gasteiger partial charge in [-0.25, -0.2) is 0 Å². The molecule has 0 radical (unpaired) electrons. The largest absolute Gasteiger partial charge is 0.330 e. The molecular weight excluding hydrogens is 124 g/mol. The quantitative estimate of drug-likeness (QED) is 0.445. The third-order valence-corrected chi connectivity index (χ3v) is 1.25. The van der Waals surface area contributed by atoms with Crippen LogP contribution in [0.1, 0.15) is 26.2 Å². The average molecular weight is 142 g/mol. The summed E-state index contributed by atoms with van der Waals surface area (Å²) in [7, 11) is 0. The van der Waals surface area contributed by atoms with Crippen LogP contribution in [0.3, 0.4) is 0 Å². The maximum atomic E-state index is 5.53. The highest BCUT2D eigenvalue weighted by molar-refractivity contribution is 4.83. The maximum absolute atomic E-state index is 5.53. The minimum absolute atomic E-state index is 0.286. The van der Waals surface area contributed by atoms with Crippen LogP contribution in [0.15, 0.2) is 12.2 Å². The zero-order valence-electron chi connectivity index (χ0n) is 6.72. The van der Waals surface area contributed by atoms with E-state index in [1.165, 1.54) is 0 Å². The number of hydrogen-bond donors (Lipinski definition) is 2. The molecule has 0 amide bonds. The summed E-state index contributed by atoms with van der Waals surface area (Å²) in [5, 5.41) is 0. The molecule has 0 spiro atoms. The fraction of sp³-hybridized carbons (Fsp3) is 0.750. The summed E-state index contributed by atoms with van der Waals surface area (Å²) < 4.78 is 0. The minimum Gasteiger partial charge on any atom is -0.330 e. The monoisotopic (exact) mass is 142 g/mol. The Morgan fingerprint density at radius 3 is 2.60 bits per heavy atom. The predicted molar refractivity (Wildman–Crippen MR) is 45.7 cm³/mol. The number of rotatable bonds is 5. The Morgan fingerprint density at radius 2 is 2.10 bits per heavy atom. The lowest BCUT2D eigenvalue weighted by atomic mass is 10.2. The van der Waals surface area contributed by atoms with E-state index in [9.17, 15) is 0 Å². The molecule has 60 valence electrons. The molecular formula is C8H18N2. The van der Waals surface area contributed by atoms with E-state index < -0.39 is 0 Å². The molecule has 0 aromatic carbocycles. The molecule has 1 atom stereocenters. The van der Waals surface area contributed by atoms with Crippen molar-refractivity contribution in [1.29, 1.82) is 0 Å². The summed E-state index contributed by atoms with van der Waals surface area (Å²) in [5.41, 5.74) is 10.8. The fourth-order valence-corrected chi connectivity index (χ4v) is 0.664. The standard InChI is InChI=1S/C8H18N2/c1-8(10)6-4-2-3-5-7-9/h2,4,8H,3,5-7,9-10H2,1H3/b4-2-. The van der Waals surface area contributed by atoms with Crippen molar-refractivity contribution in [3.05, 3.63) is 12.2 Å². The highest BCUT2D eigenvalue weighted by Crippen LogP contribution is 1.92. The van der Waals surface area contributed by atoms with Crippen LogP contribution in [-0.4, -0.2) is 12.6 Å². The van der Waals surface area contributed by atoms with E-state index in [0.717, 1.165) is 25.8 Å². The van der Waals surface area contributed by atoms with Crippen molar-refractivity contribution in [3.8, 4) is 0 Å². The van der Waals surface area contributed by atoms with Gasteiger partial charge in [0.25, 0.3) is 0 Å². The third kappa shape index (κ3) is 7.66. The van der Waals surface area contributed by atoms with Gasteiger partial charge in [0.05, 0.1) is 0 Å². The Labute approximate surface area is 63.3 Å². The SMILES string of the molecule is CC(N)C/C=C\CCCN. The summed E-state index contributed by atoms with van der Waals surface area (Å²) in [6, 6.07) is 0.286. The highest BCUT2D eigenvalue weighted by Gasteiger charge is 1.85. The number of hydrogen-bond acceptors (Lipinski definition) is 2. The number of nitrogens with two attached hydrogens (primary N) is 2. The van der Waals surface area contributed by atoms with Gasteiger partial charge < -0.3 is 11.5 Å². The van der Waals surface area contributed by atoms with Crippen LogP contribution in [0.2, 0.25) is 0 Å². The van der Waals surface area contributed by atoms with E-state index in [0.29, 0.717) is 0 Å². The first kappa shape index (κ1) is 9.66. The Bertz CT molecular complexity index is 87.3. The average Bonchev–Trinajstić information content (AvgIpc) is 1.87. The fourth-order valence-electron chi connectivity index (χ4n) is 0.664. The predicted octanol–water partition coefficient (Wildman–Crippen LogP) is 1.02. The molecule has 0 heterocycles. The van der Waals surface area contributed by atoms with Gasteiger partial charge in [-0.3, -0.25) is 0 Å². The van der Waals surface area contributed by atoms with Crippen LogP contribution in [0.5, 0.6) is 0 Å². The van der Waals surface area contributed by atoms with Gasteiger partial charge in [-0.05, 0) is 32.7 Å². The second-order valence-corrected chi connectivity index (χ2v) is 2.62. The summed E-state index contributed by atoms with van der Waals surface area (Å²) in [6.07, 6.45) is 7.42. The molecule has 4 N–H and O–H groups in total. The molecule has 0 saturated carbocycles. The Hall–Kier alpha value is -0.340. The first-order valence-electron chi connectivity index (χ1n) is 3.88. The van der Waals surface area contributed by atoms with Crippen LogP contribution < -0.4 is 11.5 Å². The molecule has 0 bridgehead atoms. The molecule has 0 aliphatic carbocycles. The molecule has 0 aromatic rings. The topological polar surface area (TPSA) is 52.0 Å². The van der Waals surface area contributed by atoms with Gasteiger partial charge in [0.2, 0.25) is 0 Å². The molecule has 0 fully saturated rings. The first-order chi connectivity index (χ1) is 4.77. The summed E-state index contributed by atoms with van der Waals surface area (Å²) in [5.74, 6) is 0. The van der Waals surface area contributed by atoms with Gasteiger partial charge in [-0.2, -0.15) is 0 Å². The van der Waals surface area contributed by atoms with Crippen molar-refractivity contribution in [3.63, 3.8) is 0 Å². The Morgan fingerprint density at radius 1 is 1.40 bits per heavy atom. The van der Waals surface area contributed by atoms with E-state index in [1.54, 1.807) is 0 Å². The van der Waals surface area contributed by atoms with Crippen LogP contribution >= 0.6 is 0 Å². The molecule has 0 saturated heterocycles. The second-order valence-electron chi connectivity index (χ2n) is 2.62. The zero-order chi connectivity index (χ0) is 7.82. The lowest BCUT2D eigenvalue weighted by Gasteiger charge is -1.96. The third-order valence-electron chi connectivity index (χ3n) is 1.25. The van der Waals surface area contributed by atoms with Gasteiger partial charge in [-0.15, -0.1) is 0 Å². The Balaban J connectivity index is 3.04. The smallest absolute Gasteiger partial charge is 0.00449 e. The lowest BCUT2D eigenvalue weighted by Crippen LogP contribution is -2.12. The molecule has 2 heteroatoms. The van der Waals surface area contributed by atoms with Crippen molar-refractivity contribution in [1.82, 2.24) is 0 Å². The number of unbranched alkanes of at least 4 members (excludes halogenated alkanes) is 1. The Kier molecular flexibility index (Phi) is 6.55. The van der Waals surface area contributed by atoms with Crippen molar-refractivity contribution in [2.45, 2.75) is 32.2 Å². The summed E-state index contributed by atoms with van der Waals surface area (Å²) in [6.45, 7) is 2.79. The summed E-state index contributed by atoms with van der Waals surface area (Å²) >= 11 is 0. The number of allylic oxidation sites excluding steroid dienone is 1. The van der Waals surface area contributed by atoms with E-state index in [1.807, 2.05) is 6.92 Å². The highest BCUT2D eigenvalue weighted by atomic mass is 14.6. The maximum Gasteiger partial charge on any atom is 0.00449 e. The van der Waals surface area contributed by atoms with Crippen LogP contribution in [-0.2, 0) is 0 Å². The molecule has 0 aromatic heterocycles. The van der Waals surface area contributed by atoms with Gasteiger partial charge in [-0.1, -0.05) is 12.2 Å². The van der Waals surface area contributed by atoms with Crippen molar-refractivity contribution in [2.24, 2.45) is 11.5 Å². The zero-order valence-corrected chi connectivity index (χ0v) is 6.72. The molecule has 0 rings (SSSR count). The van der Waals surface area contributed by atoms with Gasteiger partial charge in [0.15, 0.2) is 0 Å². The molecule has 0 aliphatic heterocycles. The lowest BCUT2D eigenvalue weighted by molar-refractivity contribution is 0.752. The van der Waals surface area contributed by atoms with Gasteiger partial charge in [0.1, 0.15) is 0 Å². The molecule has 0 aliphatic rings. The van der Waals surface area contributed by atoms with E-state index in [4.69, 9.17) is 11.5 Å². The normalized spacial score (nSPS) is 14.3. The van der Waals surface area contributed by atoms with Crippen LogP contribution in [0, 0.1) is 0 Å². The summed E-state index contributed by atoms with van der Waals surface area (Å²) in [4.78, 5) is 0. The molecule has 1 unspecified atom stereocenters. The van der Waals surface area contributed by atoms with Crippen LogP contribution in [0.4, 0.5) is 0 Å². The molecule has 10 heavy (non-hydrogen) atoms. The van der Waals surface area contributed by atoms with E-state index in [-0.39, 0.29) is 6.04 Å². The van der Waals surface area contributed by atoms with Crippen molar-refractivity contribution in [2.75, 3.05) is 6.54 Å². The molecule has 2 nitrogen and oxygen atoms in total. The van der Waals surface area contributed by atoms with E-state index >= 15 is 0 Å². The minimum atomic E-state index is 0.286.